The molecule has 0 aliphatic carbocycles. The monoisotopic (exact) mass is 351 g/mol. The summed E-state index contributed by atoms with van der Waals surface area (Å²) in [4.78, 5) is 0.167. The van der Waals surface area contributed by atoms with Gasteiger partial charge in [-0.25, -0.2) is 8.42 Å². The Bertz CT molecular complexity index is 804. The van der Waals surface area contributed by atoms with E-state index in [9.17, 15) is 8.42 Å². The Morgan fingerprint density at radius 1 is 0.870 bits per heavy atom. The van der Waals surface area contributed by atoms with E-state index < -0.39 is 10.0 Å². The number of benzene rings is 1. The first-order valence-electron chi connectivity index (χ1n) is 6.86. The van der Waals surface area contributed by atoms with Gasteiger partial charge in [0.05, 0.1) is 30.5 Å². The zero-order chi connectivity index (χ0) is 16.3. The Balaban J connectivity index is 1.93. The Morgan fingerprint density at radius 2 is 1.39 bits per heavy atom. The van der Waals surface area contributed by atoms with Crippen molar-refractivity contribution in [2.45, 2.75) is 18.0 Å². The third kappa shape index (κ3) is 3.67. The largest absolute Gasteiger partial charge is 0.468 e. The third-order valence-electron chi connectivity index (χ3n) is 3.28. The van der Waals surface area contributed by atoms with E-state index in [2.05, 4.69) is 0 Å². The fraction of sp³-hybridized carbons (Fsp3) is 0.125. The van der Waals surface area contributed by atoms with Crippen LogP contribution in [0.2, 0.25) is 5.02 Å². The molecule has 2 aromatic heterocycles. The average Bonchev–Trinajstić information content (AvgIpc) is 3.20. The highest BCUT2D eigenvalue weighted by atomic mass is 35.5. The minimum absolute atomic E-state index is 0.110. The number of hydrogen-bond donors (Lipinski definition) is 0. The summed E-state index contributed by atoms with van der Waals surface area (Å²) in [5.41, 5.74) is 0. The summed E-state index contributed by atoms with van der Waals surface area (Å²) in [5.74, 6) is 1.10. The maximum atomic E-state index is 12.9. The van der Waals surface area contributed by atoms with Crippen molar-refractivity contribution >= 4 is 21.6 Å². The molecule has 5 nitrogen and oxygen atoms in total. The molecule has 0 unspecified atom stereocenters. The van der Waals surface area contributed by atoms with Gasteiger partial charge in [-0.05, 0) is 48.5 Å². The maximum Gasteiger partial charge on any atom is 0.243 e. The van der Waals surface area contributed by atoms with E-state index in [1.165, 1.54) is 29.0 Å². The predicted octanol–water partition coefficient (Wildman–Crippen LogP) is 3.92. The molecule has 23 heavy (non-hydrogen) atoms. The van der Waals surface area contributed by atoms with Crippen LogP contribution < -0.4 is 0 Å². The van der Waals surface area contributed by atoms with E-state index in [1.807, 2.05) is 0 Å². The smallest absolute Gasteiger partial charge is 0.243 e. The van der Waals surface area contributed by atoms with Crippen LogP contribution in [0, 0.1) is 0 Å². The minimum Gasteiger partial charge on any atom is -0.468 e. The first-order chi connectivity index (χ1) is 11.1. The van der Waals surface area contributed by atoms with Crippen LogP contribution in [-0.2, 0) is 23.1 Å². The lowest BCUT2D eigenvalue weighted by molar-refractivity contribution is 0.330. The molecule has 3 aromatic rings. The molecule has 0 atom stereocenters. The first-order valence-corrected chi connectivity index (χ1v) is 8.68. The van der Waals surface area contributed by atoms with Gasteiger partial charge in [0.15, 0.2) is 0 Å². The van der Waals surface area contributed by atoms with Crippen molar-refractivity contribution in [3.63, 3.8) is 0 Å². The van der Waals surface area contributed by atoms with Gasteiger partial charge in [-0.3, -0.25) is 0 Å². The molecule has 0 N–H and O–H groups in total. The van der Waals surface area contributed by atoms with Gasteiger partial charge in [0.25, 0.3) is 0 Å². The molecule has 0 aliphatic rings. The van der Waals surface area contributed by atoms with Crippen LogP contribution in [0.1, 0.15) is 11.5 Å². The van der Waals surface area contributed by atoms with Crippen molar-refractivity contribution in [1.29, 1.82) is 0 Å². The van der Waals surface area contributed by atoms with Crippen molar-refractivity contribution in [3.05, 3.63) is 77.6 Å². The SMILES string of the molecule is O=S(=O)(c1ccc(Cl)cc1)N(Cc1ccco1)Cc1ccco1. The molecule has 0 saturated heterocycles. The number of sulfonamides is 1. The van der Waals surface area contributed by atoms with Crippen LogP contribution in [0.25, 0.3) is 0 Å². The fourth-order valence-corrected chi connectivity index (χ4v) is 3.63. The zero-order valence-electron chi connectivity index (χ0n) is 12.1. The molecule has 0 saturated carbocycles. The van der Waals surface area contributed by atoms with E-state index in [0.717, 1.165) is 0 Å². The molecule has 0 radical (unpaired) electrons. The van der Waals surface area contributed by atoms with Crippen molar-refractivity contribution in [2.75, 3.05) is 0 Å². The Labute approximate surface area is 139 Å². The van der Waals surface area contributed by atoms with Gasteiger partial charge >= 0.3 is 0 Å². The summed E-state index contributed by atoms with van der Waals surface area (Å²) in [5, 5.41) is 0.479. The molecule has 120 valence electrons. The molecular weight excluding hydrogens is 338 g/mol. The predicted molar refractivity (Wildman–Crippen MR) is 85.3 cm³/mol. The zero-order valence-corrected chi connectivity index (χ0v) is 13.6. The summed E-state index contributed by atoms with van der Waals surface area (Å²) in [6, 6.07) is 13.0. The third-order valence-corrected chi connectivity index (χ3v) is 5.33. The second-order valence-corrected chi connectivity index (χ2v) is 7.26. The maximum absolute atomic E-state index is 12.9. The quantitative estimate of drug-likeness (QED) is 0.675. The number of furan rings is 2. The van der Waals surface area contributed by atoms with Crippen molar-refractivity contribution in [2.24, 2.45) is 0 Å². The summed E-state index contributed by atoms with van der Waals surface area (Å²) in [6.45, 7) is 0.220. The second-order valence-electron chi connectivity index (χ2n) is 4.89. The van der Waals surface area contributed by atoms with E-state index in [4.69, 9.17) is 20.4 Å². The Hall–Kier alpha value is -2.02. The lowest BCUT2D eigenvalue weighted by atomic mass is 10.4. The van der Waals surface area contributed by atoms with Gasteiger partial charge < -0.3 is 8.83 Å². The topological polar surface area (TPSA) is 63.7 Å². The van der Waals surface area contributed by atoms with Crippen LogP contribution >= 0.6 is 11.6 Å². The molecular formula is C16H14ClNO4S. The Morgan fingerprint density at radius 3 is 1.83 bits per heavy atom. The van der Waals surface area contributed by atoms with Gasteiger partial charge in [-0.15, -0.1) is 0 Å². The van der Waals surface area contributed by atoms with Crippen LogP contribution in [0.5, 0.6) is 0 Å². The van der Waals surface area contributed by atoms with Gasteiger partial charge in [0.1, 0.15) is 11.5 Å². The molecule has 1 aromatic carbocycles. The highest BCUT2D eigenvalue weighted by Crippen LogP contribution is 2.23. The molecule has 0 fully saturated rings. The molecule has 0 bridgehead atoms. The van der Waals surface area contributed by atoms with E-state index >= 15 is 0 Å². The van der Waals surface area contributed by atoms with E-state index in [1.54, 1.807) is 36.4 Å². The molecule has 7 heteroatoms. The highest BCUT2D eigenvalue weighted by Gasteiger charge is 2.26. The summed E-state index contributed by atoms with van der Waals surface area (Å²) >= 11 is 5.83. The highest BCUT2D eigenvalue weighted by molar-refractivity contribution is 7.89. The van der Waals surface area contributed by atoms with Crippen molar-refractivity contribution < 1.29 is 17.3 Å². The lowest BCUT2D eigenvalue weighted by Crippen LogP contribution is -2.30. The lowest BCUT2D eigenvalue weighted by Gasteiger charge is -2.20. The summed E-state index contributed by atoms with van der Waals surface area (Å²) < 4.78 is 37.6. The van der Waals surface area contributed by atoms with Crippen molar-refractivity contribution in [3.8, 4) is 0 Å². The Kier molecular flexibility index (Phi) is 4.56. The second kappa shape index (κ2) is 6.62. The van der Waals surface area contributed by atoms with Crippen LogP contribution in [0.4, 0.5) is 0 Å². The minimum atomic E-state index is -3.72. The molecule has 2 heterocycles. The van der Waals surface area contributed by atoms with Gasteiger partial charge in [0.2, 0.25) is 10.0 Å². The van der Waals surface area contributed by atoms with Crippen molar-refractivity contribution in [1.82, 2.24) is 4.31 Å². The fourth-order valence-electron chi connectivity index (χ4n) is 2.13. The average molecular weight is 352 g/mol. The van der Waals surface area contributed by atoms with Gasteiger partial charge in [-0.1, -0.05) is 11.6 Å². The molecule has 0 spiro atoms. The normalized spacial score (nSPS) is 11.9. The summed E-state index contributed by atoms with van der Waals surface area (Å²) in [6.07, 6.45) is 3.02. The number of halogens is 1. The molecule has 3 rings (SSSR count). The van der Waals surface area contributed by atoms with Crippen LogP contribution in [0.3, 0.4) is 0 Å². The number of nitrogens with zero attached hydrogens (tertiary/aromatic N) is 1. The number of rotatable bonds is 6. The molecule has 0 aliphatic heterocycles. The molecule has 0 amide bonds. The van der Waals surface area contributed by atoms with Gasteiger partial charge in [0, 0.05) is 5.02 Å². The number of hydrogen-bond acceptors (Lipinski definition) is 4. The summed E-state index contributed by atoms with van der Waals surface area (Å²) in [7, 11) is -3.72. The van der Waals surface area contributed by atoms with Crippen LogP contribution in [-0.4, -0.2) is 12.7 Å². The standard InChI is InChI=1S/C16H14ClNO4S/c17-13-5-7-16(8-6-13)23(19,20)18(11-14-3-1-9-21-14)12-15-4-2-10-22-15/h1-10H,11-12H2. The first kappa shape index (κ1) is 15.9. The van der Waals surface area contributed by atoms with Crippen LogP contribution in [0.15, 0.2) is 74.8 Å². The van der Waals surface area contributed by atoms with Gasteiger partial charge in [-0.2, -0.15) is 4.31 Å². The van der Waals surface area contributed by atoms with E-state index in [-0.39, 0.29) is 18.0 Å². The van der Waals surface area contributed by atoms with E-state index in [0.29, 0.717) is 16.5 Å².